The molecule has 2 aromatic rings. The highest BCUT2D eigenvalue weighted by Gasteiger charge is 2.19. The van der Waals surface area contributed by atoms with Gasteiger partial charge >= 0.3 is 0 Å². The van der Waals surface area contributed by atoms with Gasteiger partial charge in [0.15, 0.2) is 0 Å². The smallest absolute Gasteiger partial charge is 0.292 e. The Morgan fingerprint density at radius 3 is 2.58 bits per heavy atom. The van der Waals surface area contributed by atoms with Gasteiger partial charge in [0.05, 0.1) is 22.6 Å². The lowest BCUT2D eigenvalue weighted by Gasteiger charge is -2.30. The molecule has 1 aliphatic rings. The molecule has 8 heteroatoms. The lowest BCUT2D eigenvalue weighted by atomic mass is 10.1. The number of benzene rings is 1. The summed E-state index contributed by atoms with van der Waals surface area (Å²) in [6, 6.07) is 5.13. The Kier molecular flexibility index (Phi) is 5.35. The summed E-state index contributed by atoms with van der Waals surface area (Å²) in [5, 5.41) is 8.46. The maximum Gasteiger partial charge on any atom is 0.292 e. The van der Waals surface area contributed by atoms with E-state index in [-0.39, 0.29) is 11.1 Å². The fourth-order valence-electron chi connectivity index (χ4n) is 2.73. The normalized spacial score (nSPS) is 16.3. The van der Waals surface area contributed by atoms with Crippen LogP contribution in [0.5, 0.6) is 0 Å². The maximum absolute atomic E-state index is 12.5. The third-order valence-corrected chi connectivity index (χ3v) is 5.04. The zero-order valence-electron chi connectivity index (χ0n) is 13.1. The first-order valence-electron chi connectivity index (χ1n) is 7.64. The van der Waals surface area contributed by atoms with Crippen LogP contribution in [0.3, 0.4) is 0 Å². The van der Waals surface area contributed by atoms with Crippen molar-refractivity contribution in [3.8, 4) is 5.69 Å². The van der Waals surface area contributed by atoms with Crippen molar-refractivity contribution >= 4 is 40.5 Å². The average molecular weight is 388 g/mol. The van der Waals surface area contributed by atoms with E-state index in [4.69, 9.17) is 34.8 Å². The summed E-state index contributed by atoms with van der Waals surface area (Å²) in [7, 11) is 2.10. The standard InChI is InChI=1S/C16H17Cl3N4O/c1-22-6-4-11(5-7-22)21-13-9-20-23(16(24)15(13)19)14-3-2-10(17)8-12(14)18/h2-3,8-9,11,21H,4-7H2,1H3. The van der Waals surface area contributed by atoms with E-state index in [1.165, 1.54) is 4.68 Å². The second-order valence-electron chi connectivity index (χ2n) is 5.91. The number of hydrogen-bond donors (Lipinski definition) is 1. The molecule has 24 heavy (non-hydrogen) atoms. The molecule has 0 unspecified atom stereocenters. The highest BCUT2D eigenvalue weighted by atomic mass is 35.5. The van der Waals surface area contributed by atoms with E-state index in [1.807, 2.05) is 0 Å². The monoisotopic (exact) mass is 386 g/mol. The molecule has 5 nitrogen and oxygen atoms in total. The van der Waals surface area contributed by atoms with Crippen LogP contribution in [0.25, 0.3) is 5.69 Å². The summed E-state index contributed by atoms with van der Waals surface area (Å²) in [6.45, 7) is 2.03. The van der Waals surface area contributed by atoms with Crippen molar-refractivity contribution in [2.24, 2.45) is 0 Å². The first-order chi connectivity index (χ1) is 11.5. The number of rotatable bonds is 3. The number of likely N-dealkylation sites (tertiary alicyclic amines) is 1. The second kappa shape index (κ2) is 7.31. The number of nitrogens with one attached hydrogen (secondary N) is 1. The lowest BCUT2D eigenvalue weighted by molar-refractivity contribution is 0.264. The summed E-state index contributed by atoms with van der Waals surface area (Å²) in [4.78, 5) is 14.8. The van der Waals surface area contributed by atoms with Crippen LogP contribution in [0.4, 0.5) is 5.69 Å². The molecular weight excluding hydrogens is 371 g/mol. The van der Waals surface area contributed by atoms with Gasteiger partial charge < -0.3 is 10.2 Å². The third kappa shape index (κ3) is 3.70. The van der Waals surface area contributed by atoms with Crippen molar-refractivity contribution < 1.29 is 0 Å². The highest BCUT2D eigenvalue weighted by Crippen LogP contribution is 2.25. The van der Waals surface area contributed by atoms with Crippen molar-refractivity contribution in [2.75, 3.05) is 25.5 Å². The Balaban J connectivity index is 1.88. The fourth-order valence-corrected chi connectivity index (χ4v) is 3.40. The summed E-state index contributed by atoms with van der Waals surface area (Å²) >= 11 is 18.3. The van der Waals surface area contributed by atoms with Crippen LogP contribution in [-0.2, 0) is 0 Å². The van der Waals surface area contributed by atoms with Crippen molar-refractivity contribution in [2.45, 2.75) is 18.9 Å². The van der Waals surface area contributed by atoms with Gasteiger partial charge in [0.25, 0.3) is 5.56 Å². The van der Waals surface area contributed by atoms with Crippen molar-refractivity contribution in [1.29, 1.82) is 0 Å². The number of anilines is 1. The predicted octanol–water partition coefficient (Wildman–Crippen LogP) is 3.70. The molecule has 0 saturated carbocycles. The molecule has 1 fully saturated rings. The zero-order chi connectivity index (χ0) is 17.3. The van der Waals surface area contributed by atoms with Gasteiger partial charge in [0, 0.05) is 11.1 Å². The molecule has 0 amide bonds. The first kappa shape index (κ1) is 17.5. The highest BCUT2D eigenvalue weighted by molar-refractivity contribution is 6.36. The van der Waals surface area contributed by atoms with Gasteiger partial charge in [-0.1, -0.05) is 34.8 Å². The molecule has 1 aromatic carbocycles. The van der Waals surface area contributed by atoms with E-state index in [2.05, 4.69) is 22.4 Å². The first-order valence-corrected chi connectivity index (χ1v) is 8.77. The Labute approximate surface area is 155 Å². The minimum Gasteiger partial charge on any atom is -0.380 e. The van der Waals surface area contributed by atoms with Gasteiger partial charge in [-0.25, -0.2) is 0 Å². The number of piperidine rings is 1. The van der Waals surface area contributed by atoms with Crippen LogP contribution in [-0.4, -0.2) is 40.9 Å². The second-order valence-corrected chi connectivity index (χ2v) is 7.13. The molecule has 0 radical (unpaired) electrons. The summed E-state index contributed by atoms with van der Waals surface area (Å²) in [5.41, 5.74) is 0.579. The van der Waals surface area contributed by atoms with E-state index in [1.54, 1.807) is 24.4 Å². The number of hydrogen-bond acceptors (Lipinski definition) is 4. The summed E-state index contributed by atoms with van der Waals surface area (Å²) in [5.74, 6) is 0. The zero-order valence-corrected chi connectivity index (χ0v) is 15.4. The van der Waals surface area contributed by atoms with Gasteiger partial charge in [-0.2, -0.15) is 9.78 Å². The van der Waals surface area contributed by atoms with E-state index in [0.29, 0.717) is 21.4 Å². The van der Waals surface area contributed by atoms with E-state index < -0.39 is 5.56 Å². The Morgan fingerprint density at radius 2 is 1.92 bits per heavy atom. The van der Waals surface area contributed by atoms with Crippen LogP contribution in [0, 0.1) is 0 Å². The molecule has 1 saturated heterocycles. The predicted molar refractivity (Wildman–Crippen MR) is 99.0 cm³/mol. The van der Waals surface area contributed by atoms with Crippen molar-refractivity contribution in [1.82, 2.24) is 14.7 Å². The summed E-state index contributed by atoms with van der Waals surface area (Å²) in [6.07, 6.45) is 3.56. The Hall–Kier alpha value is -1.27. The summed E-state index contributed by atoms with van der Waals surface area (Å²) < 4.78 is 1.18. The van der Waals surface area contributed by atoms with E-state index >= 15 is 0 Å². The molecule has 1 aromatic heterocycles. The molecule has 3 rings (SSSR count). The van der Waals surface area contributed by atoms with Gasteiger partial charge in [0.2, 0.25) is 0 Å². The number of halogens is 3. The minimum absolute atomic E-state index is 0.106. The molecule has 1 N–H and O–H groups in total. The quantitative estimate of drug-likeness (QED) is 0.872. The SMILES string of the molecule is CN1CCC(Nc2cnn(-c3ccc(Cl)cc3Cl)c(=O)c2Cl)CC1. The molecule has 0 aliphatic carbocycles. The Morgan fingerprint density at radius 1 is 1.21 bits per heavy atom. The van der Waals surface area contributed by atoms with Crippen LogP contribution in [0.1, 0.15) is 12.8 Å². The maximum atomic E-state index is 12.5. The molecule has 1 aliphatic heterocycles. The largest absolute Gasteiger partial charge is 0.380 e. The Bertz CT molecular complexity index is 800. The molecule has 0 bridgehead atoms. The van der Waals surface area contributed by atoms with Gasteiger partial charge in [-0.05, 0) is 51.2 Å². The lowest BCUT2D eigenvalue weighted by Crippen LogP contribution is -2.37. The van der Waals surface area contributed by atoms with Crippen molar-refractivity contribution in [3.63, 3.8) is 0 Å². The van der Waals surface area contributed by atoms with Crippen molar-refractivity contribution in [3.05, 3.63) is 49.8 Å². The molecule has 0 atom stereocenters. The van der Waals surface area contributed by atoms with E-state index in [9.17, 15) is 4.79 Å². The number of nitrogens with zero attached hydrogens (tertiary/aromatic N) is 3. The van der Waals surface area contributed by atoms with E-state index in [0.717, 1.165) is 25.9 Å². The average Bonchev–Trinajstić information content (AvgIpc) is 2.55. The van der Waals surface area contributed by atoms with Crippen LogP contribution in [0.15, 0.2) is 29.2 Å². The minimum atomic E-state index is -0.418. The number of aromatic nitrogens is 2. The molecule has 128 valence electrons. The molecule has 2 heterocycles. The fraction of sp³-hybridized carbons (Fsp3) is 0.375. The van der Waals surface area contributed by atoms with Crippen LogP contribution in [0.2, 0.25) is 15.1 Å². The molecular formula is C16H17Cl3N4O. The van der Waals surface area contributed by atoms with Crippen LogP contribution < -0.4 is 10.9 Å². The van der Waals surface area contributed by atoms with Gasteiger partial charge in [-0.3, -0.25) is 4.79 Å². The van der Waals surface area contributed by atoms with Crippen LogP contribution >= 0.6 is 34.8 Å². The molecule has 0 spiro atoms. The topological polar surface area (TPSA) is 50.2 Å². The van der Waals surface area contributed by atoms with Gasteiger partial charge in [0.1, 0.15) is 5.02 Å². The van der Waals surface area contributed by atoms with Gasteiger partial charge in [-0.15, -0.1) is 0 Å². The third-order valence-electron chi connectivity index (χ3n) is 4.14.